The maximum Gasteiger partial charge on any atom is 0.228 e. The molecule has 3 rings (SSSR count). The van der Waals surface area contributed by atoms with Crippen molar-refractivity contribution in [3.05, 3.63) is 65.0 Å². The number of fused-ring (bicyclic) bond motifs is 1. The SMILES string of the molecule is C[C@H](CO)C1C=Cc2c(NC(=O)Cc3ccc(O)cc3F)cccc2C1=O. The Morgan fingerprint density at radius 2 is 2.07 bits per heavy atom. The summed E-state index contributed by atoms with van der Waals surface area (Å²) in [4.78, 5) is 25.0. The number of rotatable bonds is 5. The summed E-state index contributed by atoms with van der Waals surface area (Å²) in [7, 11) is 0. The molecule has 0 spiro atoms. The molecule has 6 heteroatoms. The number of ketones is 1. The Kier molecular flexibility index (Phi) is 5.37. The molecule has 0 bridgehead atoms. The van der Waals surface area contributed by atoms with Gasteiger partial charge in [0.15, 0.2) is 5.78 Å². The van der Waals surface area contributed by atoms with Crippen LogP contribution in [0.15, 0.2) is 42.5 Å². The number of aliphatic hydroxyl groups is 1. The molecule has 1 amide bonds. The lowest BCUT2D eigenvalue weighted by Gasteiger charge is -2.24. The molecule has 0 heterocycles. The Balaban J connectivity index is 1.81. The van der Waals surface area contributed by atoms with E-state index in [1.165, 1.54) is 12.1 Å². The number of Topliss-reactive ketones (excluding diaryl/α,β-unsaturated/α-hetero) is 1. The summed E-state index contributed by atoms with van der Waals surface area (Å²) in [5, 5.41) is 21.3. The Bertz CT molecular complexity index is 922. The van der Waals surface area contributed by atoms with Gasteiger partial charge in [-0.05, 0) is 23.6 Å². The fraction of sp³-hybridized carbons (Fsp3) is 0.238. The normalized spacial score (nSPS) is 16.7. The molecule has 140 valence electrons. The molecule has 5 nitrogen and oxygen atoms in total. The molecule has 1 unspecified atom stereocenters. The number of phenols is 1. The van der Waals surface area contributed by atoms with Crippen LogP contribution in [0.4, 0.5) is 10.1 Å². The van der Waals surface area contributed by atoms with Crippen LogP contribution >= 0.6 is 0 Å². The van der Waals surface area contributed by atoms with E-state index >= 15 is 0 Å². The quantitative estimate of drug-likeness (QED) is 0.756. The number of nitrogens with one attached hydrogen (secondary N) is 1. The first-order chi connectivity index (χ1) is 12.9. The van der Waals surface area contributed by atoms with E-state index in [9.17, 15) is 24.2 Å². The molecule has 3 N–H and O–H groups in total. The minimum absolute atomic E-state index is 0.0926. The predicted octanol–water partition coefficient (Wildman–Crippen LogP) is 3.17. The number of carbonyl (C=O) groups excluding carboxylic acids is 2. The molecule has 2 aromatic rings. The van der Waals surface area contributed by atoms with E-state index in [0.717, 1.165) is 6.07 Å². The van der Waals surface area contributed by atoms with Gasteiger partial charge >= 0.3 is 0 Å². The zero-order valence-electron chi connectivity index (χ0n) is 14.8. The van der Waals surface area contributed by atoms with E-state index < -0.39 is 17.6 Å². The Morgan fingerprint density at radius 1 is 1.30 bits per heavy atom. The Morgan fingerprint density at radius 3 is 2.78 bits per heavy atom. The second-order valence-corrected chi connectivity index (χ2v) is 6.68. The maximum absolute atomic E-state index is 13.8. The average molecular weight is 369 g/mol. The molecule has 0 aromatic heterocycles. The van der Waals surface area contributed by atoms with Gasteiger partial charge in [-0.3, -0.25) is 9.59 Å². The van der Waals surface area contributed by atoms with Crippen LogP contribution in [0.2, 0.25) is 0 Å². The van der Waals surface area contributed by atoms with E-state index in [2.05, 4.69) is 5.32 Å². The molecular weight excluding hydrogens is 349 g/mol. The summed E-state index contributed by atoms with van der Waals surface area (Å²) in [6, 6.07) is 8.67. The largest absolute Gasteiger partial charge is 0.508 e. The molecule has 1 aliphatic carbocycles. The van der Waals surface area contributed by atoms with E-state index in [1.54, 1.807) is 37.3 Å². The van der Waals surface area contributed by atoms with Crippen molar-refractivity contribution in [3.63, 3.8) is 0 Å². The van der Waals surface area contributed by atoms with Crippen molar-refractivity contribution in [2.75, 3.05) is 11.9 Å². The Labute approximate surface area is 156 Å². The highest BCUT2D eigenvalue weighted by atomic mass is 19.1. The number of phenolic OH excluding ortho intramolecular Hbond substituents is 1. The van der Waals surface area contributed by atoms with Gasteiger partial charge in [0.25, 0.3) is 0 Å². The van der Waals surface area contributed by atoms with Crippen molar-refractivity contribution in [1.29, 1.82) is 0 Å². The van der Waals surface area contributed by atoms with Gasteiger partial charge in [0.1, 0.15) is 11.6 Å². The number of amides is 1. The molecule has 2 aromatic carbocycles. The molecule has 0 radical (unpaired) electrons. The molecule has 0 saturated carbocycles. The number of aliphatic hydroxyl groups excluding tert-OH is 1. The van der Waals surface area contributed by atoms with E-state index in [4.69, 9.17) is 0 Å². The van der Waals surface area contributed by atoms with Crippen LogP contribution in [0, 0.1) is 17.7 Å². The van der Waals surface area contributed by atoms with Crippen LogP contribution in [0.25, 0.3) is 6.08 Å². The van der Waals surface area contributed by atoms with Gasteiger partial charge < -0.3 is 15.5 Å². The van der Waals surface area contributed by atoms with Crippen LogP contribution < -0.4 is 5.32 Å². The van der Waals surface area contributed by atoms with Crippen molar-refractivity contribution < 1.29 is 24.2 Å². The number of hydrogen-bond acceptors (Lipinski definition) is 4. The molecule has 1 aliphatic rings. The minimum atomic E-state index is -0.656. The summed E-state index contributed by atoms with van der Waals surface area (Å²) in [6.07, 6.45) is 3.31. The van der Waals surface area contributed by atoms with Crippen molar-refractivity contribution in [2.24, 2.45) is 11.8 Å². The summed E-state index contributed by atoms with van der Waals surface area (Å²) < 4.78 is 13.8. The number of hydrogen-bond donors (Lipinski definition) is 3. The molecule has 0 saturated heterocycles. The van der Waals surface area contributed by atoms with Crippen molar-refractivity contribution in [2.45, 2.75) is 13.3 Å². The van der Waals surface area contributed by atoms with Crippen LogP contribution in [0.3, 0.4) is 0 Å². The van der Waals surface area contributed by atoms with Gasteiger partial charge in [-0.15, -0.1) is 0 Å². The summed E-state index contributed by atoms with van der Waals surface area (Å²) in [5.41, 5.74) is 1.72. The minimum Gasteiger partial charge on any atom is -0.508 e. The third-order valence-corrected chi connectivity index (χ3v) is 4.71. The van der Waals surface area contributed by atoms with E-state index in [0.29, 0.717) is 16.8 Å². The van der Waals surface area contributed by atoms with Crippen molar-refractivity contribution in [1.82, 2.24) is 0 Å². The second-order valence-electron chi connectivity index (χ2n) is 6.68. The predicted molar refractivity (Wildman–Crippen MR) is 99.9 cm³/mol. The van der Waals surface area contributed by atoms with Gasteiger partial charge in [-0.2, -0.15) is 0 Å². The standard InChI is InChI=1S/C21H20FNO4/c1-12(11-24)15-7-8-16-17(21(15)27)3-2-4-19(16)23-20(26)9-13-5-6-14(25)10-18(13)22/h2-8,10,12,15,24-25H,9,11H2,1H3,(H,23,26)/t12-,15?/m1/s1. The van der Waals surface area contributed by atoms with Gasteiger partial charge in [0.2, 0.25) is 5.91 Å². The summed E-state index contributed by atoms with van der Waals surface area (Å²) >= 11 is 0. The monoisotopic (exact) mass is 369 g/mol. The third-order valence-electron chi connectivity index (χ3n) is 4.71. The Hall–Kier alpha value is -2.99. The molecule has 0 aliphatic heterocycles. The van der Waals surface area contributed by atoms with Crippen molar-refractivity contribution in [3.8, 4) is 5.75 Å². The zero-order chi connectivity index (χ0) is 19.6. The van der Waals surface area contributed by atoms with E-state index in [-0.39, 0.29) is 36.0 Å². The van der Waals surface area contributed by atoms with Crippen LogP contribution in [0.1, 0.15) is 28.4 Å². The molecule has 2 atom stereocenters. The van der Waals surface area contributed by atoms with Gasteiger partial charge in [-0.1, -0.05) is 37.3 Å². The second kappa shape index (κ2) is 7.72. The fourth-order valence-corrected chi connectivity index (χ4v) is 3.14. The number of benzene rings is 2. The number of carbonyl (C=O) groups is 2. The van der Waals surface area contributed by atoms with Crippen LogP contribution in [0.5, 0.6) is 5.75 Å². The third kappa shape index (κ3) is 3.90. The number of allylic oxidation sites excluding steroid dienone is 1. The number of anilines is 1. The number of halogens is 1. The lowest BCUT2D eigenvalue weighted by atomic mass is 9.81. The molecular formula is C21H20FNO4. The first-order valence-electron chi connectivity index (χ1n) is 8.64. The lowest BCUT2D eigenvalue weighted by Crippen LogP contribution is -2.26. The van der Waals surface area contributed by atoms with Gasteiger partial charge in [-0.25, -0.2) is 4.39 Å². The maximum atomic E-state index is 13.8. The van der Waals surface area contributed by atoms with Gasteiger partial charge in [0.05, 0.1) is 6.42 Å². The van der Waals surface area contributed by atoms with Gasteiger partial charge in [0, 0.05) is 35.4 Å². The average Bonchev–Trinajstić information content (AvgIpc) is 2.64. The highest BCUT2D eigenvalue weighted by Gasteiger charge is 2.29. The topological polar surface area (TPSA) is 86.6 Å². The first kappa shape index (κ1) is 18.8. The summed E-state index contributed by atoms with van der Waals surface area (Å²) in [6.45, 7) is 1.71. The fourth-order valence-electron chi connectivity index (χ4n) is 3.14. The van der Waals surface area contributed by atoms with E-state index in [1.807, 2.05) is 0 Å². The van der Waals surface area contributed by atoms with Crippen LogP contribution in [-0.4, -0.2) is 28.5 Å². The zero-order valence-corrected chi connectivity index (χ0v) is 14.8. The lowest BCUT2D eigenvalue weighted by molar-refractivity contribution is -0.115. The highest BCUT2D eigenvalue weighted by Crippen LogP contribution is 2.32. The highest BCUT2D eigenvalue weighted by molar-refractivity contribution is 6.07. The molecule has 0 fully saturated rings. The summed E-state index contributed by atoms with van der Waals surface area (Å²) in [5.74, 6) is -1.99. The number of aromatic hydroxyl groups is 1. The van der Waals surface area contributed by atoms with Crippen LogP contribution in [-0.2, 0) is 11.2 Å². The smallest absolute Gasteiger partial charge is 0.228 e. The first-order valence-corrected chi connectivity index (χ1v) is 8.64. The molecule has 27 heavy (non-hydrogen) atoms. The van der Waals surface area contributed by atoms with Crippen molar-refractivity contribution >= 4 is 23.5 Å².